The highest BCUT2D eigenvalue weighted by Gasteiger charge is 2.52. The molecule has 3 atom stereocenters. The van der Waals surface area contributed by atoms with Crippen LogP contribution in [0.15, 0.2) is 0 Å². The molecule has 0 aliphatic heterocycles. The Morgan fingerprint density at radius 2 is 1.73 bits per heavy atom. The van der Waals surface area contributed by atoms with Gasteiger partial charge in [0.2, 0.25) is 0 Å². The zero-order valence-corrected chi connectivity index (χ0v) is 7.40. The van der Waals surface area contributed by atoms with Gasteiger partial charge in [-0.3, -0.25) is 0 Å². The second kappa shape index (κ2) is 2.29. The van der Waals surface area contributed by atoms with Gasteiger partial charge in [0.05, 0.1) is 0 Å². The lowest BCUT2D eigenvalue weighted by Crippen LogP contribution is -2.42. The highest BCUT2D eigenvalue weighted by Crippen LogP contribution is 2.53. The summed E-state index contributed by atoms with van der Waals surface area (Å²) in [5, 5.41) is 0. The van der Waals surface area contributed by atoms with E-state index in [2.05, 4.69) is 0 Å². The lowest BCUT2D eigenvalue weighted by atomic mass is 10.0. The normalized spacial score (nSPS) is 43.4. The Bertz CT molecular complexity index is 166. The fourth-order valence-corrected chi connectivity index (χ4v) is 4.30. The van der Waals surface area contributed by atoms with Gasteiger partial charge in [0, 0.05) is 5.54 Å². The molecular weight excluding hydrogens is 160 g/mol. The molecule has 0 saturated heterocycles. The Balaban J connectivity index is 2.08. The molecule has 3 nitrogen and oxygen atoms in total. The quantitative estimate of drug-likeness (QED) is 0.494. The van der Waals surface area contributed by atoms with Gasteiger partial charge in [0.25, 0.3) is 0 Å². The highest BCUT2D eigenvalue weighted by atomic mass is 28.4. The topological polar surface area (TPSA) is 60.7 Å². The molecule has 2 bridgehead atoms. The smallest absolute Gasteiger partial charge is 0.390 e. The maximum atomic E-state index is 9.09. The van der Waals surface area contributed by atoms with Crippen LogP contribution in [0, 0.1) is 11.8 Å². The molecule has 2 aliphatic carbocycles. The van der Waals surface area contributed by atoms with Crippen LogP contribution in [0.2, 0.25) is 5.54 Å². The zero-order valence-electron chi connectivity index (χ0n) is 6.40. The molecule has 3 unspecified atom stereocenters. The van der Waals surface area contributed by atoms with Gasteiger partial charge in [0.1, 0.15) is 0 Å². The molecule has 64 valence electrons. The average molecular weight is 174 g/mol. The van der Waals surface area contributed by atoms with Gasteiger partial charge < -0.3 is 14.4 Å². The molecule has 0 radical (unpaired) electrons. The largest absolute Gasteiger partial charge is 0.496 e. The predicted octanol–water partition coefficient (Wildman–Crippen LogP) is 0.0924. The van der Waals surface area contributed by atoms with E-state index in [1.54, 1.807) is 0 Å². The van der Waals surface area contributed by atoms with Crippen molar-refractivity contribution in [1.82, 2.24) is 0 Å². The standard InChI is InChI=1S/C7H14O3Si/c8-11(9,10)7-4-5-1-2-6(7)3-5/h5-10H,1-4H2. The van der Waals surface area contributed by atoms with Gasteiger partial charge in [-0.25, -0.2) is 0 Å². The molecular formula is C7H14O3Si. The van der Waals surface area contributed by atoms with E-state index in [-0.39, 0.29) is 5.54 Å². The predicted molar refractivity (Wildman–Crippen MR) is 41.6 cm³/mol. The van der Waals surface area contributed by atoms with Crippen molar-refractivity contribution in [1.29, 1.82) is 0 Å². The van der Waals surface area contributed by atoms with Crippen molar-refractivity contribution in [3.63, 3.8) is 0 Å². The van der Waals surface area contributed by atoms with Crippen LogP contribution in [0.1, 0.15) is 25.7 Å². The minimum absolute atomic E-state index is 0.152. The Morgan fingerprint density at radius 1 is 1.00 bits per heavy atom. The lowest BCUT2D eigenvalue weighted by molar-refractivity contribution is 0.191. The molecule has 0 aromatic carbocycles. The van der Waals surface area contributed by atoms with E-state index in [4.69, 9.17) is 14.4 Å². The Kier molecular flexibility index (Phi) is 1.61. The summed E-state index contributed by atoms with van der Waals surface area (Å²) in [5.74, 6) is 1.08. The monoisotopic (exact) mass is 174 g/mol. The molecule has 2 aliphatic rings. The molecule has 4 heteroatoms. The van der Waals surface area contributed by atoms with Crippen molar-refractivity contribution in [2.24, 2.45) is 11.8 Å². The molecule has 0 spiro atoms. The summed E-state index contributed by atoms with van der Waals surface area (Å²) in [7, 11) is -3.78. The summed E-state index contributed by atoms with van der Waals surface area (Å²) in [5.41, 5.74) is -0.152. The summed E-state index contributed by atoms with van der Waals surface area (Å²) < 4.78 is 0. The van der Waals surface area contributed by atoms with Gasteiger partial charge in [-0.2, -0.15) is 0 Å². The molecule has 11 heavy (non-hydrogen) atoms. The maximum absolute atomic E-state index is 9.09. The van der Waals surface area contributed by atoms with Crippen molar-refractivity contribution in [2.45, 2.75) is 31.2 Å². The van der Waals surface area contributed by atoms with E-state index in [1.165, 1.54) is 6.42 Å². The van der Waals surface area contributed by atoms with E-state index in [0.717, 1.165) is 19.3 Å². The third-order valence-electron chi connectivity index (χ3n) is 3.24. The Labute approximate surface area is 67.1 Å². The highest BCUT2D eigenvalue weighted by molar-refractivity contribution is 6.58. The molecule has 0 amide bonds. The van der Waals surface area contributed by atoms with Crippen molar-refractivity contribution < 1.29 is 14.4 Å². The Hall–Kier alpha value is 0.0969. The number of rotatable bonds is 1. The van der Waals surface area contributed by atoms with Crippen LogP contribution in [0.25, 0.3) is 0 Å². The molecule has 0 heterocycles. The summed E-state index contributed by atoms with van der Waals surface area (Å²) in [6.07, 6.45) is 4.28. The molecule has 0 aromatic rings. The number of fused-ring (bicyclic) bond motifs is 2. The van der Waals surface area contributed by atoms with Crippen LogP contribution >= 0.6 is 0 Å². The fraction of sp³-hybridized carbons (Fsp3) is 1.00. The second-order valence-corrected chi connectivity index (χ2v) is 6.08. The van der Waals surface area contributed by atoms with E-state index >= 15 is 0 Å². The van der Waals surface area contributed by atoms with Crippen molar-refractivity contribution >= 4 is 8.80 Å². The first-order valence-corrected chi connectivity index (χ1v) is 6.16. The van der Waals surface area contributed by atoms with Crippen LogP contribution in [-0.2, 0) is 0 Å². The van der Waals surface area contributed by atoms with Crippen LogP contribution in [0.4, 0.5) is 0 Å². The van der Waals surface area contributed by atoms with Crippen molar-refractivity contribution in [2.75, 3.05) is 0 Å². The Morgan fingerprint density at radius 3 is 2.00 bits per heavy atom. The lowest BCUT2D eigenvalue weighted by Gasteiger charge is -2.25. The summed E-state index contributed by atoms with van der Waals surface area (Å²) in [6.45, 7) is 0. The zero-order chi connectivity index (χ0) is 8.06. The van der Waals surface area contributed by atoms with Gasteiger partial charge in [0.15, 0.2) is 0 Å². The minimum atomic E-state index is -3.78. The fourth-order valence-electron chi connectivity index (χ4n) is 2.72. The van der Waals surface area contributed by atoms with Crippen LogP contribution in [0.3, 0.4) is 0 Å². The molecule has 2 rings (SSSR count). The minimum Gasteiger partial charge on any atom is -0.390 e. The van der Waals surface area contributed by atoms with Gasteiger partial charge in [-0.1, -0.05) is 6.42 Å². The van der Waals surface area contributed by atoms with Gasteiger partial charge >= 0.3 is 8.80 Å². The van der Waals surface area contributed by atoms with E-state index in [1.807, 2.05) is 0 Å². The van der Waals surface area contributed by atoms with E-state index in [9.17, 15) is 0 Å². The van der Waals surface area contributed by atoms with E-state index in [0.29, 0.717) is 11.8 Å². The van der Waals surface area contributed by atoms with Crippen molar-refractivity contribution in [3.05, 3.63) is 0 Å². The van der Waals surface area contributed by atoms with Gasteiger partial charge in [-0.05, 0) is 31.1 Å². The molecule has 3 N–H and O–H groups in total. The van der Waals surface area contributed by atoms with E-state index < -0.39 is 8.80 Å². The number of hydrogen-bond donors (Lipinski definition) is 3. The molecule has 0 aromatic heterocycles. The van der Waals surface area contributed by atoms with Crippen LogP contribution in [0.5, 0.6) is 0 Å². The third-order valence-corrected chi connectivity index (χ3v) is 4.94. The summed E-state index contributed by atoms with van der Waals surface area (Å²) in [4.78, 5) is 27.3. The molecule has 2 fully saturated rings. The van der Waals surface area contributed by atoms with Crippen molar-refractivity contribution in [3.8, 4) is 0 Å². The summed E-state index contributed by atoms with van der Waals surface area (Å²) >= 11 is 0. The first kappa shape index (κ1) is 7.73. The first-order chi connectivity index (χ1) is 5.07. The van der Waals surface area contributed by atoms with Crippen LogP contribution < -0.4 is 0 Å². The van der Waals surface area contributed by atoms with Crippen LogP contribution in [-0.4, -0.2) is 23.2 Å². The number of hydrogen-bond acceptors (Lipinski definition) is 3. The third kappa shape index (κ3) is 1.24. The summed E-state index contributed by atoms with van der Waals surface area (Å²) in [6, 6.07) is 0. The van der Waals surface area contributed by atoms with Gasteiger partial charge in [-0.15, -0.1) is 0 Å². The molecule has 2 saturated carbocycles. The maximum Gasteiger partial charge on any atom is 0.496 e. The second-order valence-electron chi connectivity index (χ2n) is 3.97. The average Bonchev–Trinajstić information content (AvgIpc) is 2.42. The SMILES string of the molecule is O[Si](O)(O)C1CC2CCC1C2. The first-order valence-electron chi connectivity index (χ1n) is 4.24.